The van der Waals surface area contributed by atoms with Gasteiger partial charge in [0.15, 0.2) is 17.3 Å². The van der Waals surface area contributed by atoms with Gasteiger partial charge in [0.25, 0.3) is 0 Å². The van der Waals surface area contributed by atoms with Crippen LogP contribution in [0.15, 0.2) is 78.9 Å². The van der Waals surface area contributed by atoms with Crippen molar-refractivity contribution in [1.29, 1.82) is 0 Å². The number of rotatable bonds is 8. The van der Waals surface area contributed by atoms with Crippen LogP contribution in [0.3, 0.4) is 0 Å². The van der Waals surface area contributed by atoms with E-state index < -0.39 is 6.10 Å². The number of ether oxygens (including phenoxy) is 1. The molecule has 0 amide bonds. The average molecular weight is 433 g/mol. The molecular formula is C26H28N2O4. The number of ketones is 1. The second-order valence-corrected chi connectivity index (χ2v) is 7.94. The number of hydrogen-bond donors (Lipinski definition) is 2. The molecule has 1 unspecified atom stereocenters. The number of β-amino-alcohol motifs (C(OH)–C–C–N with tert-alkyl or cyclic N) is 1. The summed E-state index contributed by atoms with van der Waals surface area (Å²) in [5, 5.41) is 21.0. The summed E-state index contributed by atoms with van der Waals surface area (Å²) in [4.78, 5) is 17.2. The van der Waals surface area contributed by atoms with Crippen molar-refractivity contribution in [1.82, 2.24) is 4.90 Å². The third kappa shape index (κ3) is 5.28. The highest BCUT2D eigenvalue weighted by molar-refractivity contribution is 6.11. The highest BCUT2D eigenvalue weighted by Gasteiger charge is 2.21. The Labute approximate surface area is 188 Å². The summed E-state index contributed by atoms with van der Waals surface area (Å²) < 4.78 is 5.67. The zero-order valence-electron chi connectivity index (χ0n) is 17.9. The molecule has 4 rings (SSSR count). The molecule has 2 N–H and O–H groups in total. The first-order valence-electron chi connectivity index (χ1n) is 10.9. The van der Waals surface area contributed by atoms with Crippen molar-refractivity contribution in [2.75, 3.05) is 44.2 Å². The molecule has 0 spiro atoms. The van der Waals surface area contributed by atoms with E-state index in [-0.39, 0.29) is 29.5 Å². The van der Waals surface area contributed by atoms with Crippen LogP contribution in [0.2, 0.25) is 0 Å². The predicted molar refractivity (Wildman–Crippen MR) is 125 cm³/mol. The van der Waals surface area contributed by atoms with Crippen LogP contribution in [-0.2, 0) is 0 Å². The van der Waals surface area contributed by atoms with E-state index >= 15 is 0 Å². The Morgan fingerprint density at radius 2 is 1.53 bits per heavy atom. The molecule has 1 atom stereocenters. The van der Waals surface area contributed by atoms with Crippen molar-refractivity contribution >= 4 is 11.5 Å². The van der Waals surface area contributed by atoms with Gasteiger partial charge in [0, 0.05) is 44.0 Å². The number of carbonyl (C=O) groups is 1. The fourth-order valence-electron chi connectivity index (χ4n) is 3.93. The average Bonchev–Trinajstić information content (AvgIpc) is 2.84. The zero-order valence-corrected chi connectivity index (χ0v) is 17.9. The van der Waals surface area contributed by atoms with Crippen LogP contribution in [0.5, 0.6) is 11.5 Å². The summed E-state index contributed by atoms with van der Waals surface area (Å²) in [7, 11) is 0. The molecule has 1 aliphatic rings. The highest BCUT2D eigenvalue weighted by Crippen LogP contribution is 2.31. The van der Waals surface area contributed by atoms with E-state index in [1.54, 1.807) is 42.5 Å². The fourth-order valence-corrected chi connectivity index (χ4v) is 3.93. The first kappa shape index (κ1) is 21.9. The Kier molecular flexibility index (Phi) is 7.04. The Balaban J connectivity index is 1.29. The van der Waals surface area contributed by atoms with Gasteiger partial charge in [-0.3, -0.25) is 9.69 Å². The number of aliphatic hydroxyl groups is 1. The van der Waals surface area contributed by atoms with E-state index in [1.807, 2.05) is 24.3 Å². The van der Waals surface area contributed by atoms with Gasteiger partial charge in [-0.1, -0.05) is 54.6 Å². The molecular weight excluding hydrogens is 404 g/mol. The maximum atomic E-state index is 12.7. The first-order chi connectivity index (χ1) is 15.6. The lowest BCUT2D eigenvalue weighted by Gasteiger charge is -2.36. The van der Waals surface area contributed by atoms with Crippen molar-refractivity contribution in [3.63, 3.8) is 0 Å². The monoisotopic (exact) mass is 432 g/mol. The standard InChI is InChI=1S/C26H28N2O4/c29-22(18-27-14-16-28(17-15-27)21-10-5-2-6-11-21)19-32-24-13-7-12-23(26(24)31)25(30)20-8-3-1-4-9-20/h1-13,22,29,31H,14-19H2. The maximum absolute atomic E-state index is 12.7. The molecule has 1 saturated heterocycles. The number of anilines is 1. The van der Waals surface area contributed by atoms with E-state index in [0.717, 1.165) is 26.2 Å². The van der Waals surface area contributed by atoms with Gasteiger partial charge in [-0.15, -0.1) is 0 Å². The predicted octanol–water partition coefficient (Wildman–Crippen LogP) is 3.19. The van der Waals surface area contributed by atoms with Crippen LogP contribution in [0.1, 0.15) is 15.9 Å². The molecule has 166 valence electrons. The lowest BCUT2D eigenvalue weighted by molar-refractivity contribution is 0.0653. The first-order valence-corrected chi connectivity index (χ1v) is 10.9. The number of phenolic OH excluding ortho intramolecular Hbond substituents is 1. The van der Waals surface area contributed by atoms with Crippen LogP contribution >= 0.6 is 0 Å². The smallest absolute Gasteiger partial charge is 0.196 e. The van der Waals surface area contributed by atoms with Gasteiger partial charge in [0.2, 0.25) is 0 Å². The molecule has 0 aromatic heterocycles. The summed E-state index contributed by atoms with van der Waals surface area (Å²) in [6.45, 7) is 4.06. The molecule has 1 aliphatic heterocycles. The summed E-state index contributed by atoms with van der Waals surface area (Å²) in [5.41, 5.74) is 1.89. The van der Waals surface area contributed by atoms with E-state index in [4.69, 9.17) is 4.74 Å². The van der Waals surface area contributed by atoms with Crippen molar-refractivity contribution < 1.29 is 19.7 Å². The maximum Gasteiger partial charge on any atom is 0.196 e. The van der Waals surface area contributed by atoms with Crippen LogP contribution in [0.4, 0.5) is 5.69 Å². The molecule has 1 fully saturated rings. The van der Waals surface area contributed by atoms with Gasteiger partial charge in [0.05, 0.1) is 5.56 Å². The minimum Gasteiger partial charge on any atom is -0.504 e. The molecule has 32 heavy (non-hydrogen) atoms. The van der Waals surface area contributed by atoms with Crippen LogP contribution < -0.4 is 9.64 Å². The van der Waals surface area contributed by atoms with E-state index in [9.17, 15) is 15.0 Å². The van der Waals surface area contributed by atoms with Crippen molar-refractivity contribution in [2.24, 2.45) is 0 Å². The van der Waals surface area contributed by atoms with Crippen LogP contribution in [0, 0.1) is 0 Å². The van der Waals surface area contributed by atoms with Gasteiger partial charge in [0.1, 0.15) is 12.7 Å². The van der Waals surface area contributed by atoms with E-state index in [1.165, 1.54) is 5.69 Å². The SMILES string of the molecule is O=C(c1ccccc1)c1cccc(OCC(O)CN2CCN(c3ccccc3)CC2)c1O. The van der Waals surface area contributed by atoms with Crippen molar-refractivity contribution in [3.05, 3.63) is 90.0 Å². The van der Waals surface area contributed by atoms with Gasteiger partial charge in [-0.05, 0) is 24.3 Å². The largest absolute Gasteiger partial charge is 0.504 e. The molecule has 3 aromatic carbocycles. The molecule has 0 saturated carbocycles. The number of hydrogen-bond acceptors (Lipinski definition) is 6. The summed E-state index contributed by atoms with van der Waals surface area (Å²) in [6.07, 6.45) is -0.703. The highest BCUT2D eigenvalue weighted by atomic mass is 16.5. The number of piperazine rings is 1. The Morgan fingerprint density at radius 3 is 2.22 bits per heavy atom. The third-order valence-electron chi connectivity index (χ3n) is 5.67. The molecule has 0 bridgehead atoms. The van der Waals surface area contributed by atoms with Gasteiger partial charge < -0.3 is 19.8 Å². The number of phenols is 1. The molecule has 3 aromatic rings. The second-order valence-electron chi connectivity index (χ2n) is 7.94. The second kappa shape index (κ2) is 10.3. The molecule has 1 heterocycles. The number of nitrogens with zero attached hydrogens (tertiary/aromatic N) is 2. The van der Waals surface area contributed by atoms with E-state index in [2.05, 4.69) is 21.9 Å². The van der Waals surface area contributed by atoms with Crippen molar-refractivity contribution in [2.45, 2.75) is 6.10 Å². The quantitative estimate of drug-likeness (QED) is 0.533. The molecule has 0 radical (unpaired) electrons. The Morgan fingerprint density at radius 1 is 0.875 bits per heavy atom. The topological polar surface area (TPSA) is 73.2 Å². The number of aliphatic hydroxyl groups excluding tert-OH is 1. The number of para-hydroxylation sites is 2. The summed E-state index contributed by atoms with van der Waals surface area (Å²) in [6, 6.07) is 24.0. The van der Waals surface area contributed by atoms with Gasteiger partial charge >= 0.3 is 0 Å². The Bertz CT molecular complexity index is 1020. The molecule has 0 aliphatic carbocycles. The number of aromatic hydroxyl groups is 1. The summed E-state index contributed by atoms with van der Waals surface area (Å²) in [5.74, 6) is -0.282. The third-order valence-corrected chi connectivity index (χ3v) is 5.67. The molecule has 6 nitrogen and oxygen atoms in total. The lowest BCUT2D eigenvalue weighted by Crippen LogP contribution is -2.49. The summed E-state index contributed by atoms with van der Waals surface area (Å²) >= 11 is 0. The zero-order chi connectivity index (χ0) is 22.3. The van der Waals surface area contributed by atoms with Crippen molar-refractivity contribution in [3.8, 4) is 11.5 Å². The van der Waals surface area contributed by atoms with Crippen LogP contribution in [0.25, 0.3) is 0 Å². The molecule has 6 heteroatoms. The minimum absolute atomic E-state index is 0.0371. The number of benzene rings is 3. The van der Waals surface area contributed by atoms with E-state index in [0.29, 0.717) is 12.1 Å². The van der Waals surface area contributed by atoms with Gasteiger partial charge in [-0.2, -0.15) is 0 Å². The van der Waals surface area contributed by atoms with Gasteiger partial charge in [-0.25, -0.2) is 0 Å². The Hall–Kier alpha value is -3.35. The normalized spacial score (nSPS) is 15.3. The lowest BCUT2D eigenvalue weighted by atomic mass is 10.0. The number of carbonyl (C=O) groups excluding carboxylic acids is 1. The minimum atomic E-state index is -0.703. The fraction of sp³-hybridized carbons (Fsp3) is 0.269. The van der Waals surface area contributed by atoms with Crippen LogP contribution in [-0.4, -0.2) is 66.3 Å².